The summed E-state index contributed by atoms with van der Waals surface area (Å²) in [6, 6.07) is 3.96. The van der Waals surface area contributed by atoms with E-state index in [1.54, 1.807) is 31.6 Å². The topological polar surface area (TPSA) is 72.8 Å². The van der Waals surface area contributed by atoms with Gasteiger partial charge in [-0.05, 0) is 6.07 Å². The van der Waals surface area contributed by atoms with Gasteiger partial charge in [0.2, 0.25) is 5.88 Å². The minimum Gasteiger partial charge on any atom is -0.480 e. The third-order valence-corrected chi connectivity index (χ3v) is 2.50. The lowest BCUT2D eigenvalue weighted by molar-refractivity contribution is 0.392. The van der Waals surface area contributed by atoms with Gasteiger partial charge >= 0.3 is 0 Å². The Labute approximate surface area is 112 Å². The zero-order chi connectivity index (χ0) is 13.7. The summed E-state index contributed by atoms with van der Waals surface area (Å²) in [5.74, 6) is 1.03. The van der Waals surface area contributed by atoms with Gasteiger partial charge in [0.1, 0.15) is 5.69 Å². The largest absolute Gasteiger partial charge is 0.480 e. The number of aromatic nitrogens is 4. The number of rotatable bonds is 5. The van der Waals surface area contributed by atoms with Crippen molar-refractivity contribution in [3.05, 3.63) is 30.1 Å². The van der Waals surface area contributed by atoms with Crippen LogP contribution in [-0.2, 0) is 6.54 Å². The van der Waals surface area contributed by atoms with E-state index in [0.717, 1.165) is 12.1 Å². The molecule has 0 spiro atoms. The number of methoxy groups -OCH3 is 1. The Morgan fingerprint density at radius 3 is 2.42 bits per heavy atom. The molecule has 2 heterocycles. The van der Waals surface area contributed by atoms with E-state index >= 15 is 0 Å². The molecule has 19 heavy (non-hydrogen) atoms. The van der Waals surface area contributed by atoms with Crippen molar-refractivity contribution in [1.29, 1.82) is 0 Å². The molecule has 1 N–H and O–H groups in total. The Balaban J connectivity index is 2.08. The smallest absolute Gasteiger partial charge is 0.233 e. The van der Waals surface area contributed by atoms with Gasteiger partial charge in [0, 0.05) is 36.6 Å². The molecule has 0 bridgehead atoms. The van der Waals surface area contributed by atoms with E-state index in [2.05, 4.69) is 39.3 Å². The van der Waals surface area contributed by atoms with Crippen molar-refractivity contribution in [3.8, 4) is 17.4 Å². The highest BCUT2D eigenvalue weighted by atomic mass is 16.5. The maximum Gasteiger partial charge on any atom is 0.233 e. The van der Waals surface area contributed by atoms with Crippen molar-refractivity contribution in [2.75, 3.05) is 7.11 Å². The second-order valence-corrected chi connectivity index (χ2v) is 4.41. The molecular weight excluding hydrogens is 242 g/mol. The van der Waals surface area contributed by atoms with Crippen molar-refractivity contribution in [1.82, 2.24) is 25.5 Å². The van der Waals surface area contributed by atoms with Crippen LogP contribution in [0.25, 0.3) is 11.5 Å². The molecule has 6 heteroatoms. The molecule has 0 unspecified atom stereocenters. The molecule has 0 saturated carbocycles. The standard InChI is InChI=1S/C13H17N5O/c1-9(2)14-6-10-7-15-13(16-8-10)11-4-5-12(19-3)18-17-11/h4-5,7-9,14H,6H2,1-3H3. The Morgan fingerprint density at radius 1 is 1.16 bits per heavy atom. The van der Waals surface area contributed by atoms with Crippen LogP contribution in [0, 0.1) is 0 Å². The van der Waals surface area contributed by atoms with Crippen molar-refractivity contribution in [2.45, 2.75) is 26.4 Å². The molecule has 2 aromatic rings. The van der Waals surface area contributed by atoms with E-state index in [4.69, 9.17) is 4.74 Å². The van der Waals surface area contributed by atoms with Gasteiger partial charge in [0.05, 0.1) is 7.11 Å². The van der Waals surface area contributed by atoms with Crippen molar-refractivity contribution in [2.24, 2.45) is 0 Å². The summed E-state index contributed by atoms with van der Waals surface area (Å²) in [6.45, 7) is 4.95. The van der Waals surface area contributed by atoms with Crippen molar-refractivity contribution >= 4 is 0 Å². The highest BCUT2D eigenvalue weighted by Crippen LogP contribution is 2.12. The van der Waals surface area contributed by atoms with Crippen LogP contribution >= 0.6 is 0 Å². The zero-order valence-corrected chi connectivity index (χ0v) is 11.3. The second kappa shape index (κ2) is 6.19. The Bertz CT molecular complexity index is 510. The molecule has 0 radical (unpaired) electrons. The van der Waals surface area contributed by atoms with Gasteiger partial charge in [-0.2, -0.15) is 0 Å². The molecular formula is C13H17N5O. The van der Waals surface area contributed by atoms with E-state index < -0.39 is 0 Å². The molecule has 2 aromatic heterocycles. The Hall–Kier alpha value is -2.08. The number of hydrogen-bond acceptors (Lipinski definition) is 6. The summed E-state index contributed by atoms with van der Waals surface area (Å²) >= 11 is 0. The highest BCUT2D eigenvalue weighted by molar-refractivity contribution is 5.47. The molecule has 0 aliphatic carbocycles. The Morgan fingerprint density at radius 2 is 1.89 bits per heavy atom. The molecule has 0 aliphatic rings. The van der Waals surface area contributed by atoms with Gasteiger partial charge in [-0.15, -0.1) is 10.2 Å². The predicted octanol–water partition coefficient (Wildman–Crippen LogP) is 1.44. The van der Waals surface area contributed by atoms with Crippen LogP contribution < -0.4 is 10.1 Å². The van der Waals surface area contributed by atoms with Crippen molar-refractivity contribution in [3.63, 3.8) is 0 Å². The predicted molar refractivity (Wildman–Crippen MR) is 71.6 cm³/mol. The van der Waals surface area contributed by atoms with Gasteiger partial charge < -0.3 is 10.1 Å². The quantitative estimate of drug-likeness (QED) is 0.876. The summed E-state index contributed by atoms with van der Waals surface area (Å²) in [7, 11) is 1.55. The SMILES string of the molecule is COc1ccc(-c2ncc(CNC(C)C)cn2)nn1. The highest BCUT2D eigenvalue weighted by Gasteiger charge is 2.04. The van der Waals surface area contributed by atoms with E-state index in [-0.39, 0.29) is 0 Å². The van der Waals surface area contributed by atoms with Gasteiger partial charge in [-0.1, -0.05) is 13.8 Å². The lowest BCUT2D eigenvalue weighted by atomic mass is 10.3. The molecule has 0 amide bonds. The van der Waals surface area contributed by atoms with Gasteiger partial charge in [0.15, 0.2) is 5.82 Å². The van der Waals surface area contributed by atoms with Crippen LogP contribution in [0.2, 0.25) is 0 Å². The molecule has 0 saturated heterocycles. The van der Waals surface area contributed by atoms with Crippen LogP contribution in [0.15, 0.2) is 24.5 Å². The number of nitrogens with one attached hydrogen (secondary N) is 1. The van der Waals surface area contributed by atoms with Crippen LogP contribution in [-0.4, -0.2) is 33.3 Å². The van der Waals surface area contributed by atoms with Gasteiger partial charge in [-0.25, -0.2) is 9.97 Å². The average molecular weight is 259 g/mol. The minimum absolute atomic E-state index is 0.437. The summed E-state index contributed by atoms with van der Waals surface area (Å²) < 4.78 is 4.96. The van der Waals surface area contributed by atoms with Crippen LogP contribution in [0.1, 0.15) is 19.4 Å². The normalized spacial score (nSPS) is 10.7. The van der Waals surface area contributed by atoms with E-state index in [1.807, 2.05) is 0 Å². The molecule has 2 rings (SSSR count). The fourth-order valence-corrected chi connectivity index (χ4v) is 1.45. The second-order valence-electron chi connectivity index (χ2n) is 4.41. The zero-order valence-electron chi connectivity index (χ0n) is 11.3. The monoisotopic (exact) mass is 259 g/mol. The molecule has 6 nitrogen and oxygen atoms in total. The Kier molecular flexibility index (Phi) is 4.35. The van der Waals surface area contributed by atoms with Crippen LogP contribution in [0.5, 0.6) is 5.88 Å². The first-order valence-electron chi connectivity index (χ1n) is 6.11. The first kappa shape index (κ1) is 13.4. The average Bonchev–Trinajstić information content (AvgIpc) is 2.46. The maximum atomic E-state index is 4.96. The van der Waals surface area contributed by atoms with Crippen LogP contribution in [0.4, 0.5) is 0 Å². The van der Waals surface area contributed by atoms with E-state index in [9.17, 15) is 0 Å². The fraction of sp³-hybridized carbons (Fsp3) is 0.385. The molecule has 100 valence electrons. The fourth-order valence-electron chi connectivity index (χ4n) is 1.45. The van der Waals surface area contributed by atoms with Crippen LogP contribution in [0.3, 0.4) is 0 Å². The first-order valence-corrected chi connectivity index (χ1v) is 6.11. The number of nitrogens with zero attached hydrogens (tertiary/aromatic N) is 4. The summed E-state index contributed by atoms with van der Waals surface area (Å²) in [5.41, 5.74) is 1.67. The van der Waals surface area contributed by atoms with E-state index in [0.29, 0.717) is 23.4 Å². The molecule has 0 aromatic carbocycles. The van der Waals surface area contributed by atoms with E-state index in [1.165, 1.54) is 0 Å². The first-order chi connectivity index (χ1) is 9.19. The lowest BCUT2D eigenvalue weighted by Crippen LogP contribution is -2.22. The third kappa shape index (κ3) is 3.69. The van der Waals surface area contributed by atoms with Gasteiger partial charge in [-0.3, -0.25) is 0 Å². The summed E-state index contributed by atoms with van der Waals surface area (Å²) in [6.07, 6.45) is 3.59. The molecule has 0 aliphatic heterocycles. The number of ether oxygens (including phenoxy) is 1. The van der Waals surface area contributed by atoms with Gasteiger partial charge in [0.25, 0.3) is 0 Å². The maximum absolute atomic E-state index is 4.96. The minimum atomic E-state index is 0.437. The summed E-state index contributed by atoms with van der Waals surface area (Å²) in [4.78, 5) is 8.58. The van der Waals surface area contributed by atoms with Crippen molar-refractivity contribution < 1.29 is 4.74 Å². The summed E-state index contributed by atoms with van der Waals surface area (Å²) in [5, 5.41) is 11.2. The molecule has 0 fully saturated rings. The molecule has 0 atom stereocenters. The number of hydrogen-bond donors (Lipinski definition) is 1. The third-order valence-electron chi connectivity index (χ3n) is 2.50. The lowest BCUT2D eigenvalue weighted by Gasteiger charge is -2.07.